The van der Waals surface area contributed by atoms with Gasteiger partial charge in [0.05, 0.1) is 11.9 Å². The quantitative estimate of drug-likeness (QED) is 0.715. The second-order valence-corrected chi connectivity index (χ2v) is 9.51. The minimum absolute atomic E-state index is 0.0279. The minimum atomic E-state index is 0.0279. The number of piperidine rings is 1. The number of carbonyl (C=O) groups excluding carboxylic acids is 2. The maximum Gasteiger partial charge on any atom is 0.242 e. The average Bonchev–Trinajstić information content (AvgIpc) is 3.51. The number of ether oxygens (including phenoxy) is 1. The number of amides is 2. The van der Waals surface area contributed by atoms with Gasteiger partial charge < -0.3 is 19.1 Å². The topological polar surface area (TPSA) is 80.6 Å². The average molecular weight is 440 g/mol. The third-order valence-corrected chi connectivity index (χ3v) is 7.56. The third-order valence-electron chi connectivity index (χ3n) is 7.56. The molecule has 0 unspecified atom stereocenters. The standard InChI is InChI=1S/C24H33N5O3/c1-16-17(2)29(18-6-3-4-7-18)23-22(16)24(26-15-25-23)32-19-9-12-27(13-10-19)21(31)14-28-11-5-8-20(28)30/h15,18-19H,3-14H2,1-2H3. The number of hydrogen-bond donors (Lipinski definition) is 0. The van der Waals surface area contributed by atoms with E-state index in [4.69, 9.17) is 4.74 Å². The molecule has 0 spiro atoms. The van der Waals surface area contributed by atoms with E-state index in [1.165, 1.54) is 36.9 Å². The van der Waals surface area contributed by atoms with Gasteiger partial charge in [-0.2, -0.15) is 0 Å². The Labute approximate surface area is 188 Å². The summed E-state index contributed by atoms with van der Waals surface area (Å²) in [7, 11) is 0. The van der Waals surface area contributed by atoms with Gasteiger partial charge in [0.1, 0.15) is 18.1 Å². The summed E-state index contributed by atoms with van der Waals surface area (Å²) < 4.78 is 8.79. The first-order valence-electron chi connectivity index (χ1n) is 12.1. The van der Waals surface area contributed by atoms with Crippen LogP contribution in [0.4, 0.5) is 0 Å². The number of fused-ring (bicyclic) bond motifs is 1. The molecule has 3 aliphatic rings. The molecule has 0 N–H and O–H groups in total. The van der Waals surface area contributed by atoms with Gasteiger partial charge in [-0.25, -0.2) is 9.97 Å². The molecule has 0 bridgehead atoms. The molecule has 172 valence electrons. The monoisotopic (exact) mass is 439 g/mol. The van der Waals surface area contributed by atoms with Gasteiger partial charge in [0, 0.05) is 50.6 Å². The zero-order chi connectivity index (χ0) is 22.2. The third kappa shape index (κ3) is 3.84. The summed E-state index contributed by atoms with van der Waals surface area (Å²) in [6.45, 7) is 6.54. The number of likely N-dealkylation sites (tertiary alicyclic amines) is 2. The van der Waals surface area contributed by atoms with Crippen LogP contribution in [0.5, 0.6) is 5.88 Å². The summed E-state index contributed by atoms with van der Waals surface area (Å²) in [6, 6.07) is 0.519. The predicted molar refractivity (Wildman–Crippen MR) is 121 cm³/mol. The molecule has 32 heavy (non-hydrogen) atoms. The van der Waals surface area contributed by atoms with Gasteiger partial charge in [-0.3, -0.25) is 9.59 Å². The fourth-order valence-corrected chi connectivity index (χ4v) is 5.61. The molecule has 2 amide bonds. The zero-order valence-electron chi connectivity index (χ0n) is 19.2. The molecule has 0 radical (unpaired) electrons. The summed E-state index contributed by atoms with van der Waals surface area (Å²) in [5, 5.41) is 1.03. The van der Waals surface area contributed by atoms with Crippen molar-refractivity contribution in [3.05, 3.63) is 17.6 Å². The van der Waals surface area contributed by atoms with Crippen LogP contribution in [-0.4, -0.2) is 68.4 Å². The molecule has 3 fully saturated rings. The van der Waals surface area contributed by atoms with Crippen LogP contribution in [-0.2, 0) is 9.59 Å². The molecule has 1 aliphatic carbocycles. The molecule has 2 aliphatic heterocycles. The second-order valence-electron chi connectivity index (χ2n) is 9.51. The Bertz CT molecular complexity index is 1020. The molecule has 4 heterocycles. The maximum atomic E-state index is 12.6. The van der Waals surface area contributed by atoms with Crippen molar-refractivity contribution in [3.63, 3.8) is 0 Å². The van der Waals surface area contributed by atoms with Crippen LogP contribution in [0.1, 0.15) is 68.7 Å². The van der Waals surface area contributed by atoms with E-state index in [0.717, 1.165) is 30.3 Å². The first-order chi connectivity index (χ1) is 15.5. The lowest BCUT2D eigenvalue weighted by atomic mass is 10.1. The van der Waals surface area contributed by atoms with Crippen molar-refractivity contribution < 1.29 is 14.3 Å². The van der Waals surface area contributed by atoms with Gasteiger partial charge in [0.15, 0.2) is 0 Å². The lowest BCUT2D eigenvalue weighted by Crippen LogP contribution is -2.46. The van der Waals surface area contributed by atoms with E-state index in [-0.39, 0.29) is 24.5 Å². The van der Waals surface area contributed by atoms with Crippen LogP contribution in [0.15, 0.2) is 6.33 Å². The molecule has 2 saturated heterocycles. The van der Waals surface area contributed by atoms with E-state index in [0.29, 0.717) is 38.0 Å². The van der Waals surface area contributed by atoms with Gasteiger partial charge in [-0.05, 0) is 38.7 Å². The first-order valence-corrected chi connectivity index (χ1v) is 12.1. The molecule has 8 nitrogen and oxygen atoms in total. The molecule has 2 aromatic heterocycles. The van der Waals surface area contributed by atoms with Crippen LogP contribution < -0.4 is 4.74 Å². The van der Waals surface area contributed by atoms with Crippen molar-refractivity contribution in [1.82, 2.24) is 24.3 Å². The highest BCUT2D eigenvalue weighted by atomic mass is 16.5. The number of carbonyl (C=O) groups is 2. The smallest absolute Gasteiger partial charge is 0.242 e. The predicted octanol–water partition coefficient (Wildman–Crippen LogP) is 3.16. The molecule has 8 heteroatoms. The van der Waals surface area contributed by atoms with E-state index in [2.05, 4.69) is 28.4 Å². The van der Waals surface area contributed by atoms with E-state index >= 15 is 0 Å². The molecular formula is C24H33N5O3. The Morgan fingerprint density at radius 3 is 2.50 bits per heavy atom. The van der Waals surface area contributed by atoms with Crippen LogP contribution in [0.25, 0.3) is 11.0 Å². The first kappa shape index (κ1) is 21.2. The number of aromatic nitrogens is 3. The van der Waals surface area contributed by atoms with Crippen molar-refractivity contribution >= 4 is 22.8 Å². The van der Waals surface area contributed by atoms with Crippen LogP contribution in [0.2, 0.25) is 0 Å². The lowest BCUT2D eigenvalue weighted by Gasteiger charge is -2.33. The fraction of sp³-hybridized carbons (Fsp3) is 0.667. The highest BCUT2D eigenvalue weighted by Crippen LogP contribution is 2.38. The minimum Gasteiger partial charge on any atom is -0.474 e. The van der Waals surface area contributed by atoms with Crippen molar-refractivity contribution in [2.24, 2.45) is 0 Å². The van der Waals surface area contributed by atoms with Gasteiger partial charge >= 0.3 is 0 Å². The van der Waals surface area contributed by atoms with Gasteiger partial charge in [0.25, 0.3) is 0 Å². The fourth-order valence-electron chi connectivity index (χ4n) is 5.61. The van der Waals surface area contributed by atoms with E-state index in [1.54, 1.807) is 11.2 Å². The van der Waals surface area contributed by atoms with Crippen molar-refractivity contribution in [3.8, 4) is 5.88 Å². The van der Waals surface area contributed by atoms with Gasteiger partial charge in [0.2, 0.25) is 17.7 Å². The summed E-state index contributed by atoms with van der Waals surface area (Å²) in [4.78, 5) is 37.1. The Morgan fingerprint density at radius 1 is 1.06 bits per heavy atom. The molecular weight excluding hydrogens is 406 g/mol. The maximum absolute atomic E-state index is 12.6. The highest BCUT2D eigenvalue weighted by molar-refractivity contribution is 5.87. The highest BCUT2D eigenvalue weighted by Gasteiger charge is 2.30. The molecule has 0 aromatic carbocycles. The van der Waals surface area contributed by atoms with E-state index in [9.17, 15) is 9.59 Å². The van der Waals surface area contributed by atoms with Crippen LogP contribution in [0.3, 0.4) is 0 Å². The van der Waals surface area contributed by atoms with Crippen LogP contribution >= 0.6 is 0 Å². The van der Waals surface area contributed by atoms with Gasteiger partial charge in [-0.15, -0.1) is 0 Å². The number of rotatable bonds is 5. The lowest BCUT2D eigenvalue weighted by molar-refractivity contribution is -0.139. The number of nitrogens with zero attached hydrogens (tertiary/aromatic N) is 5. The zero-order valence-corrected chi connectivity index (χ0v) is 19.2. The van der Waals surface area contributed by atoms with Crippen molar-refractivity contribution in [1.29, 1.82) is 0 Å². The Balaban J connectivity index is 1.26. The van der Waals surface area contributed by atoms with Crippen LogP contribution in [0, 0.1) is 13.8 Å². The number of aryl methyl sites for hydroxylation is 1. The van der Waals surface area contributed by atoms with E-state index < -0.39 is 0 Å². The normalized spacial score (nSPS) is 20.6. The summed E-state index contributed by atoms with van der Waals surface area (Å²) in [5.41, 5.74) is 3.44. The van der Waals surface area contributed by atoms with E-state index in [1.807, 2.05) is 4.90 Å². The summed E-state index contributed by atoms with van der Waals surface area (Å²) in [5.74, 6) is 0.808. The molecule has 2 aromatic rings. The van der Waals surface area contributed by atoms with Crippen molar-refractivity contribution in [2.45, 2.75) is 77.4 Å². The summed E-state index contributed by atoms with van der Waals surface area (Å²) >= 11 is 0. The molecule has 0 atom stereocenters. The summed E-state index contributed by atoms with van der Waals surface area (Å²) in [6.07, 6.45) is 9.59. The Morgan fingerprint density at radius 2 is 1.81 bits per heavy atom. The molecule has 5 rings (SSSR count). The largest absolute Gasteiger partial charge is 0.474 e. The SMILES string of the molecule is Cc1c(C)n(C2CCCC2)c2ncnc(OC3CCN(C(=O)CN4CCCC4=O)CC3)c12. The van der Waals surface area contributed by atoms with Crippen molar-refractivity contribution in [2.75, 3.05) is 26.2 Å². The Kier molecular flexibility index (Phi) is 5.78. The number of hydrogen-bond acceptors (Lipinski definition) is 5. The van der Waals surface area contributed by atoms with Gasteiger partial charge in [-0.1, -0.05) is 12.8 Å². The Hall–Kier alpha value is -2.64. The second kappa shape index (κ2) is 8.71. The molecule has 1 saturated carbocycles.